The van der Waals surface area contributed by atoms with Crippen molar-refractivity contribution in [1.82, 2.24) is 0 Å². The third-order valence-corrected chi connectivity index (χ3v) is 0. The summed E-state index contributed by atoms with van der Waals surface area (Å²) in [7, 11) is 0. The van der Waals surface area contributed by atoms with Crippen molar-refractivity contribution in [3.8, 4) is 0 Å². The Hall–Kier alpha value is -0.483. The smallest absolute Gasteiger partial charge is 0 e. The van der Waals surface area contributed by atoms with Crippen LogP contribution in [0.4, 0.5) is 0 Å². The van der Waals surface area contributed by atoms with E-state index in [0.717, 1.165) is 0 Å². The SMILES string of the molecule is C[As]C.[C-]#[O+].[C-]#[O+].[C-]#[O+].[C-]#[O+].[C-]#[O+].[C-]#[O+].[C-]#[O+].[C-]#[O+].[Fe].[Mn]. The molecular formula is C10H6AsFeMnO8. The first-order chi connectivity index (χ1) is 9.41. The van der Waals surface area contributed by atoms with E-state index in [9.17, 15) is 0 Å². The van der Waals surface area contributed by atoms with Crippen LogP contribution in [0.1, 0.15) is 0 Å². The predicted octanol–water partition coefficient (Wildman–Crippen LogP) is 0.482. The van der Waals surface area contributed by atoms with Gasteiger partial charge in [0.05, 0.1) is 0 Å². The Morgan fingerprint density at radius 1 is 0.429 bits per heavy atom. The van der Waals surface area contributed by atoms with Gasteiger partial charge < -0.3 is 0 Å². The van der Waals surface area contributed by atoms with Crippen LogP contribution in [0.15, 0.2) is 0 Å². The van der Waals surface area contributed by atoms with Gasteiger partial charge in [-0.2, -0.15) is 0 Å². The zero-order chi connectivity index (χ0) is 18.7. The van der Waals surface area contributed by atoms with E-state index in [1.165, 1.54) is 0 Å². The van der Waals surface area contributed by atoms with Crippen molar-refractivity contribution in [2.45, 2.75) is 11.4 Å². The van der Waals surface area contributed by atoms with E-state index in [-0.39, 0.29) is 34.1 Å². The van der Waals surface area contributed by atoms with Gasteiger partial charge in [0.15, 0.2) is 0 Å². The Labute approximate surface area is 151 Å². The third kappa shape index (κ3) is 25700. The van der Waals surface area contributed by atoms with Crippen molar-refractivity contribution in [2.75, 3.05) is 0 Å². The maximum Gasteiger partial charge on any atom is 0 e. The monoisotopic (exact) mass is 440 g/mol. The fourth-order valence-corrected chi connectivity index (χ4v) is 0. The molecule has 0 N–H and O–H groups in total. The quantitative estimate of drug-likeness (QED) is 0.292. The van der Waals surface area contributed by atoms with Crippen molar-refractivity contribution in [3.63, 3.8) is 0 Å². The molecule has 8 nitrogen and oxygen atoms in total. The minimum Gasteiger partial charge on any atom is 0 e. The van der Waals surface area contributed by atoms with Crippen molar-refractivity contribution in [3.05, 3.63) is 53.2 Å². The minimum atomic E-state index is 0. The molecule has 0 amide bonds. The van der Waals surface area contributed by atoms with Gasteiger partial charge in [-0.1, -0.05) is 0 Å². The average Bonchev–Trinajstić information content (AvgIpc) is 2.62. The molecule has 0 aromatic carbocycles. The molecule has 0 aromatic heterocycles. The van der Waals surface area contributed by atoms with Crippen LogP contribution in [0.2, 0.25) is 11.4 Å². The summed E-state index contributed by atoms with van der Waals surface area (Å²) in [4.78, 5) is 0. The van der Waals surface area contributed by atoms with E-state index in [1.807, 2.05) is 0 Å². The van der Waals surface area contributed by atoms with Gasteiger partial charge in [0.2, 0.25) is 0 Å². The second kappa shape index (κ2) is 25000. The van der Waals surface area contributed by atoms with Crippen LogP contribution < -0.4 is 0 Å². The molecule has 0 unspecified atom stereocenters. The average molecular weight is 440 g/mol. The maximum atomic E-state index is 7.50. The molecule has 0 bridgehead atoms. The van der Waals surface area contributed by atoms with E-state index < -0.39 is 0 Å². The Balaban J connectivity index is -0.00000000591. The van der Waals surface area contributed by atoms with Crippen LogP contribution in [-0.4, -0.2) is 15.8 Å². The van der Waals surface area contributed by atoms with Crippen molar-refractivity contribution in [1.29, 1.82) is 0 Å². The van der Waals surface area contributed by atoms with Crippen LogP contribution in [0, 0.1) is 53.2 Å². The van der Waals surface area contributed by atoms with Crippen molar-refractivity contribution >= 4 is 15.8 Å². The van der Waals surface area contributed by atoms with Crippen molar-refractivity contribution in [2.24, 2.45) is 0 Å². The summed E-state index contributed by atoms with van der Waals surface area (Å²) < 4.78 is 60.0. The van der Waals surface area contributed by atoms with E-state index >= 15 is 0 Å². The molecule has 0 rings (SSSR count). The fourth-order valence-electron chi connectivity index (χ4n) is 0. The Kier molecular flexibility index (Phi) is 103000. The van der Waals surface area contributed by atoms with E-state index in [0.29, 0.717) is 15.8 Å². The Morgan fingerprint density at radius 3 is 0.429 bits per heavy atom. The summed E-state index contributed by atoms with van der Waals surface area (Å²) in [6.07, 6.45) is 0. The molecule has 11 heteroatoms. The van der Waals surface area contributed by atoms with Crippen LogP contribution in [-0.2, 0) is 71.4 Å². The molecule has 0 heterocycles. The number of rotatable bonds is 0. The largest absolute Gasteiger partial charge is 0 e. The van der Waals surface area contributed by atoms with Gasteiger partial charge >= 0.3 is 118 Å². The fraction of sp³-hybridized carbons (Fsp3) is 0.200. The molecular weight excluding hydrogens is 434 g/mol. The first kappa shape index (κ1) is 86.3. The number of hydrogen-bond donors (Lipinski definition) is 0. The Bertz CT molecular complexity index is 157. The van der Waals surface area contributed by atoms with Gasteiger partial charge in [-0.15, -0.1) is 0 Å². The van der Waals surface area contributed by atoms with Crippen LogP contribution in [0.5, 0.6) is 0 Å². The van der Waals surface area contributed by atoms with Crippen molar-refractivity contribution < 1.29 is 71.4 Å². The summed E-state index contributed by atoms with van der Waals surface area (Å²) in [5, 5.41) is 0. The summed E-state index contributed by atoms with van der Waals surface area (Å²) >= 11 is 0.688. The topological polar surface area (TPSA) is 159 Å². The first-order valence-electron chi connectivity index (χ1n) is 2.53. The van der Waals surface area contributed by atoms with Gasteiger partial charge in [-0.25, -0.2) is 0 Å². The zero-order valence-corrected chi connectivity index (χ0v) is 14.6. The summed E-state index contributed by atoms with van der Waals surface area (Å²) in [5.74, 6) is 0. The standard InChI is InChI=1S/C2H6As.8CO.Fe.Mn/c1-3-2;8*1-2;;/h1-2H3;;;;;;;;;;. The molecule has 0 saturated heterocycles. The van der Waals surface area contributed by atoms with Gasteiger partial charge in [-0.3, -0.25) is 0 Å². The van der Waals surface area contributed by atoms with Gasteiger partial charge in [0.1, 0.15) is 0 Å². The third-order valence-electron chi connectivity index (χ3n) is 0. The van der Waals surface area contributed by atoms with E-state index in [1.54, 1.807) is 0 Å². The molecule has 0 aliphatic heterocycles. The summed E-state index contributed by atoms with van der Waals surface area (Å²) in [6.45, 7) is 36.0. The van der Waals surface area contributed by atoms with Crippen LogP contribution in [0.3, 0.4) is 0 Å². The van der Waals surface area contributed by atoms with Gasteiger partial charge in [0, 0.05) is 34.1 Å². The van der Waals surface area contributed by atoms with Gasteiger partial charge in [-0.05, 0) is 0 Å². The summed E-state index contributed by atoms with van der Waals surface area (Å²) in [5.41, 5.74) is 4.44. The van der Waals surface area contributed by atoms with E-state index in [2.05, 4.69) is 64.6 Å². The molecule has 0 aromatic rings. The second-order valence-electron chi connectivity index (χ2n) is 0.447. The van der Waals surface area contributed by atoms with E-state index in [4.69, 9.17) is 37.2 Å². The van der Waals surface area contributed by atoms with Crippen LogP contribution >= 0.6 is 0 Å². The first-order valence-corrected chi connectivity index (χ1v) is 6.28. The Morgan fingerprint density at radius 2 is 0.429 bits per heavy atom. The molecule has 114 valence electrons. The molecule has 0 spiro atoms. The predicted molar refractivity (Wildman–Crippen MR) is 48.9 cm³/mol. The molecule has 0 aliphatic rings. The molecule has 0 aliphatic carbocycles. The normalized spacial score (nSPS) is 1.62. The molecule has 21 heavy (non-hydrogen) atoms. The zero-order valence-electron chi connectivity index (χ0n) is 10.4. The number of hydrogen-bond acceptors (Lipinski definition) is 0. The molecule has 2 radical (unpaired) electrons. The summed E-state index contributed by atoms with van der Waals surface area (Å²) in [6, 6.07) is 0. The molecule has 0 atom stereocenters. The minimum absolute atomic E-state index is 0. The molecule has 0 fully saturated rings. The maximum absolute atomic E-state index is 7.50. The van der Waals surface area contributed by atoms with Gasteiger partial charge in [0.25, 0.3) is 0 Å². The second-order valence-corrected chi connectivity index (χ2v) is 2.32. The van der Waals surface area contributed by atoms with Crippen LogP contribution in [0.25, 0.3) is 0 Å². The molecule has 0 saturated carbocycles.